The van der Waals surface area contributed by atoms with Crippen LogP contribution in [0.25, 0.3) is 0 Å². The van der Waals surface area contributed by atoms with Gasteiger partial charge >= 0.3 is 0 Å². The molecule has 5 heteroatoms. The minimum absolute atomic E-state index is 0.395. The Kier molecular flexibility index (Phi) is 5.87. The van der Waals surface area contributed by atoms with Gasteiger partial charge in [-0.25, -0.2) is 4.99 Å². The van der Waals surface area contributed by atoms with E-state index in [0.29, 0.717) is 6.04 Å². The van der Waals surface area contributed by atoms with Crippen LogP contribution in [0.4, 0.5) is 11.4 Å². The zero-order chi connectivity index (χ0) is 15.1. The maximum atomic E-state index is 5.43. The molecule has 1 unspecified atom stereocenters. The van der Waals surface area contributed by atoms with Gasteiger partial charge in [0.1, 0.15) is 0 Å². The summed E-state index contributed by atoms with van der Waals surface area (Å²) in [7, 11) is 1.89. The highest BCUT2D eigenvalue weighted by Gasteiger charge is 2.14. The number of hydrogen-bond donors (Lipinski definition) is 2. The van der Waals surface area contributed by atoms with E-state index in [1.807, 2.05) is 13.1 Å². The molecular formula is C16H26N4O. The number of benzene rings is 1. The van der Waals surface area contributed by atoms with Crippen molar-refractivity contribution in [2.24, 2.45) is 4.99 Å². The normalized spacial score (nSPS) is 17.5. The molecule has 0 amide bonds. The number of aliphatic imine (C=N–C) groups is 1. The predicted molar refractivity (Wildman–Crippen MR) is 88.5 cm³/mol. The Morgan fingerprint density at radius 1 is 1.33 bits per heavy atom. The van der Waals surface area contributed by atoms with E-state index in [0.717, 1.165) is 44.4 Å². The zero-order valence-electron chi connectivity index (χ0n) is 13.2. The van der Waals surface area contributed by atoms with Gasteiger partial charge in [-0.15, -0.1) is 0 Å². The van der Waals surface area contributed by atoms with Crippen LogP contribution in [0.1, 0.15) is 20.3 Å². The Bertz CT molecular complexity index is 469. The van der Waals surface area contributed by atoms with Gasteiger partial charge in [-0.2, -0.15) is 0 Å². The highest BCUT2D eigenvalue weighted by atomic mass is 16.5. The summed E-state index contributed by atoms with van der Waals surface area (Å²) in [4.78, 5) is 7.08. The minimum Gasteiger partial charge on any atom is -0.378 e. The third-order valence-electron chi connectivity index (χ3n) is 3.70. The van der Waals surface area contributed by atoms with Crippen LogP contribution in [-0.4, -0.2) is 45.4 Å². The average molecular weight is 290 g/mol. The molecule has 0 bridgehead atoms. The fourth-order valence-electron chi connectivity index (χ4n) is 2.25. The second kappa shape index (κ2) is 7.88. The smallest absolute Gasteiger partial charge is 0.196 e. The predicted octanol–water partition coefficient (Wildman–Crippen LogP) is 2.12. The zero-order valence-corrected chi connectivity index (χ0v) is 13.2. The summed E-state index contributed by atoms with van der Waals surface area (Å²) >= 11 is 0. The molecule has 5 nitrogen and oxygen atoms in total. The van der Waals surface area contributed by atoms with E-state index in [-0.39, 0.29) is 0 Å². The molecule has 116 valence electrons. The van der Waals surface area contributed by atoms with Gasteiger partial charge in [0.15, 0.2) is 5.96 Å². The number of hydrogen-bond acceptors (Lipinski definition) is 3. The lowest BCUT2D eigenvalue weighted by Gasteiger charge is -2.29. The number of guanidine groups is 1. The topological polar surface area (TPSA) is 48.9 Å². The minimum atomic E-state index is 0.395. The van der Waals surface area contributed by atoms with Crippen molar-refractivity contribution in [3.05, 3.63) is 24.3 Å². The van der Waals surface area contributed by atoms with Gasteiger partial charge in [0.2, 0.25) is 0 Å². The second-order valence-corrected chi connectivity index (χ2v) is 5.25. The summed E-state index contributed by atoms with van der Waals surface area (Å²) in [6.45, 7) is 7.71. The fraction of sp³-hybridized carbons (Fsp3) is 0.562. The third-order valence-corrected chi connectivity index (χ3v) is 3.70. The lowest BCUT2D eigenvalue weighted by Crippen LogP contribution is -2.40. The number of ether oxygens (including phenoxy) is 1. The van der Waals surface area contributed by atoms with E-state index in [1.54, 1.807) is 0 Å². The molecule has 1 saturated heterocycles. The van der Waals surface area contributed by atoms with Gasteiger partial charge in [0, 0.05) is 26.2 Å². The summed E-state index contributed by atoms with van der Waals surface area (Å²) in [6.07, 6.45) is 1.06. The number of rotatable bonds is 4. The molecule has 21 heavy (non-hydrogen) atoms. The van der Waals surface area contributed by atoms with Gasteiger partial charge in [-0.3, -0.25) is 0 Å². The molecule has 2 rings (SSSR count). The highest BCUT2D eigenvalue weighted by molar-refractivity contribution is 5.85. The number of para-hydroxylation sites is 2. The lowest BCUT2D eigenvalue weighted by molar-refractivity contribution is 0.123. The van der Waals surface area contributed by atoms with Gasteiger partial charge < -0.3 is 20.3 Å². The van der Waals surface area contributed by atoms with Gasteiger partial charge in [-0.05, 0) is 25.5 Å². The van der Waals surface area contributed by atoms with E-state index >= 15 is 0 Å². The van der Waals surface area contributed by atoms with E-state index in [2.05, 4.69) is 47.6 Å². The lowest BCUT2D eigenvalue weighted by atomic mass is 10.2. The standard InChI is InChI=1S/C16H26N4O/c1-4-13(2)18-16(17-3)19-14-7-5-6-8-15(14)20-9-11-21-12-10-20/h5-8,13H,4,9-12H2,1-3H3,(H2,17,18,19). The van der Waals surface area contributed by atoms with Crippen LogP contribution < -0.4 is 15.5 Å². The molecule has 2 N–H and O–H groups in total. The van der Waals surface area contributed by atoms with E-state index in [9.17, 15) is 0 Å². The molecule has 0 aromatic heterocycles. The molecule has 0 radical (unpaired) electrons. The molecule has 0 saturated carbocycles. The molecule has 1 fully saturated rings. The number of nitrogens with one attached hydrogen (secondary N) is 2. The van der Waals surface area contributed by atoms with Crippen LogP contribution >= 0.6 is 0 Å². The quantitative estimate of drug-likeness (QED) is 0.659. The third kappa shape index (κ3) is 4.36. The maximum Gasteiger partial charge on any atom is 0.196 e. The van der Waals surface area contributed by atoms with Crippen LogP contribution in [0.3, 0.4) is 0 Å². The first-order valence-corrected chi connectivity index (χ1v) is 7.69. The Morgan fingerprint density at radius 2 is 2.05 bits per heavy atom. The number of nitrogens with zero attached hydrogens (tertiary/aromatic N) is 2. The summed E-state index contributed by atoms with van der Waals surface area (Å²) in [5, 5.41) is 6.53. The van der Waals surface area contributed by atoms with Gasteiger partial charge in [0.25, 0.3) is 0 Å². The first kappa shape index (κ1) is 15.6. The van der Waals surface area contributed by atoms with E-state index < -0.39 is 0 Å². The van der Waals surface area contributed by atoms with Crippen molar-refractivity contribution >= 4 is 17.3 Å². The van der Waals surface area contributed by atoms with Crippen LogP contribution in [-0.2, 0) is 4.74 Å². The van der Waals surface area contributed by atoms with Crippen molar-refractivity contribution in [3.63, 3.8) is 0 Å². The summed E-state index contributed by atoms with van der Waals surface area (Å²) < 4.78 is 5.43. The molecule has 0 aliphatic carbocycles. The number of anilines is 1. The van der Waals surface area contributed by atoms with Crippen molar-refractivity contribution in [2.75, 3.05) is 38.3 Å². The number of morpholine rings is 1. The van der Waals surface area contributed by atoms with Crippen molar-refractivity contribution in [2.45, 2.75) is 26.3 Å². The first-order chi connectivity index (χ1) is 10.2. The fourth-order valence-corrected chi connectivity index (χ4v) is 2.25. The molecule has 1 atom stereocenters. The van der Waals surface area contributed by atoms with E-state index in [4.69, 9.17) is 9.73 Å². The Labute approximate surface area is 127 Å². The molecule has 1 heterocycles. The first-order valence-electron chi connectivity index (χ1n) is 7.69. The highest BCUT2D eigenvalue weighted by Crippen LogP contribution is 2.28. The Balaban J connectivity index is 2.21. The molecule has 1 aromatic rings. The summed E-state index contributed by atoms with van der Waals surface area (Å²) in [6, 6.07) is 8.66. The van der Waals surface area contributed by atoms with Crippen molar-refractivity contribution in [1.82, 2.24) is 10.6 Å². The molecular weight excluding hydrogens is 264 g/mol. The largest absolute Gasteiger partial charge is 0.378 e. The molecule has 0 spiro atoms. The van der Waals surface area contributed by atoms with Crippen LogP contribution in [0.15, 0.2) is 29.3 Å². The van der Waals surface area contributed by atoms with Crippen molar-refractivity contribution < 1.29 is 4.74 Å². The van der Waals surface area contributed by atoms with Gasteiger partial charge in [-0.1, -0.05) is 19.1 Å². The Morgan fingerprint density at radius 3 is 2.71 bits per heavy atom. The molecule has 1 aromatic carbocycles. The van der Waals surface area contributed by atoms with Crippen LogP contribution in [0.5, 0.6) is 0 Å². The monoisotopic (exact) mass is 290 g/mol. The van der Waals surface area contributed by atoms with Gasteiger partial charge in [0.05, 0.1) is 24.6 Å². The molecule has 1 aliphatic rings. The summed E-state index contributed by atoms with van der Waals surface area (Å²) in [5.41, 5.74) is 2.15. The van der Waals surface area contributed by atoms with E-state index in [1.165, 1.54) is 5.69 Å². The SMILES string of the molecule is CCC(C)N/C(=N\c1ccccc1N1CCOCC1)NC. The second-order valence-electron chi connectivity index (χ2n) is 5.25. The average Bonchev–Trinajstić information content (AvgIpc) is 2.55. The van der Waals surface area contributed by atoms with Crippen LogP contribution in [0, 0.1) is 0 Å². The van der Waals surface area contributed by atoms with Crippen molar-refractivity contribution in [1.29, 1.82) is 0 Å². The Hall–Kier alpha value is -1.75. The molecule has 1 aliphatic heterocycles. The maximum absolute atomic E-state index is 5.43. The van der Waals surface area contributed by atoms with Crippen molar-refractivity contribution in [3.8, 4) is 0 Å². The van der Waals surface area contributed by atoms with Crippen LogP contribution in [0.2, 0.25) is 0 Å². The summed E-state index contributed by atoms with van der Waals surface area (Å²) in [5.74, 6) is 0.810.